The first-order valence-corrected chi connectivity index (χ1v) is 4.29. The van der Waals surface area contributed by atoms with Crippen molar-refractivity contribution in [2.24, 2.45) is 7.05 Å². The lowest BCUT2D eigenvalue weighted by Gasteiger charge is -2.03. The number of rotatable bonds is 1. The molecule has 0 saturated heterocycles. The van der Waals surface area contributed by atoms with Crippen molar-refractivity contribution in [3.8, 4) is 0 Å². The molecule has 0 amide bonds. The predicted molar refractivity (Wildman–Crippen MR) is 51.3 cm³/mol. The highest BCUT2D eigenvalue weighted by atomic mass is 16.3. The zero-order valence-corrected chi connectivity index (χ0v) is 7.73. The normalized spacial score (nSPS) is 13.5. The average Bonchev–Trinajstić information content (AvgIpc) is 2.45. The third-order valence-corrected chi connectivity index (χ3v) is 2.20. The molecule has 1 N–H and O–H groups in total. The van der Waals surface area contributed by atoms with E-state index in [-0.39, 0.29) is 0 Å². The van der Waals surface area contributed by atoms with E-state index in [4.69, 9.17) is 0 Å². The molecule has 2 rings (SSSR count). The second-order valence-electron chi connectivity index (χ2n) is 3.19. The number of aliphatic hydroxyl groups is 1. The molecule has 1 aromatic heterocycles. The van der Waals surface area contributed by atoms with E-state index in [1.165, 1.54) is 0 Å². The number of benzene rings is 1. The van der Waals surface area contributed by atoms with Crippen LogP contribution in [-0.2, 0) is 7.05 Å². The summed E-state index contributed by atoms with van der Waals surface area (Å²) in [6, 6.07) is 7.85. The molecule has 0 aliphatic rings. The number of para-hydroxylation sites is 2. The van der Waals surface area contributed by atoms with Gasteiger partial charge in [-0.15, -0.1) is 0 Å². The van der Waals surface area contributed by atoms with Gasteiger partial charge in [0.15, 0.2) is 0 Å². The van der Waals surface area contributed by atoms with E-state index in [1.54, 1.807) is 6.92 Å². The van der Waals surface area contributed by atoms with Crippen molar-refractivity contribution in [1.82, 2.24) is 9.55 Å². The van der Waals surface area contributed by atoms with Crippen molar-refractivity contribution in [2.45, 2.75) is 13.0 Å². The van der Waals surface area contributed by atoms with Crippen LogP contribution in [0.3, 0.4) is 0 Å². The van der Waals surface area contributed by atoms with Gasteiger partial charge in [-0.3, -0.25) is 0 Å². The van der Waals surface area contributed by atoms with Crippen LogP contribution in [0.25, 0.3) is 11.0 Å². The number of aliphatic hydroxyl groups excluding tert-OH is 1. The maximum Gasteiger partial charge on any atom is 0.138 e. The maximum absolute atomic E-state index is 9.42. The Hall–Kier alpha value is -1.35. The molecule has 1 heterocycles. The van der Waals surface area contributed by atoms with Gasteiger partial charge in [0.05, 0.1) is 11.0 Å². The number of fused-ring (bicyclic) bond motifs is 1. The molecule has 0 saturated carbocycles. The highest BCUT2D eigenvalue weighted by molar-refractivity contribution is 5.75. The summed E-state index contributed by atoms with van der Waals surface area (Å²) in [6.45, 7) is 1.72. The fraction of sp³-hybridized carbons (Fsp3) is 0.300. The van der Waals surface area contributed by atoms with Crippen molar-refractivity contribution in [1.29, 1.82) is 0 Å². The van der Waals surface area contributed by atoms with Crippen molar-refractivity contribution < 1.29 is 5.11 Å². The maximum atomic E-state index is 9.42. The summed E-state index contributed by atoms with van der Waals surface area (Å²) >= 11 is 0. The van der Waals surface area contributed by atoms with Crippen LogP contribution >= 0.6 is 0 Å². The van der Waals surface area contributed by atoms with Gasteiger partial charge in [-0.1, -0.05) is 12.1 Å². The van der Waals surface area contributed by atoms with Crippen LogP contribution in [0.2, 0.25) is 0 Å². The summed E-state index contributed by atoms with van der Waals surface area (Å²) in [4.78, 5) is 4.32. The smallest absolute Gasteiger partial charge is 0.138 e. The first kappa shape index (κ1) is 8.26. The third-order valence-electron chi connectivity index (χ3n) is 2.20. The molecule has 0 unspecified atom stereocenters. The Labute approximate surface area is 76.6 Å². The quantitative estimate of drug-likeness (QED) is 0.717. The summed E-state index contributed by atoms with van der Waals surface area (Å²) in [6.07, 6.45) is -0.516. The predicted octanol–water partition coefficient (Wildman–Crippen LogP) is 1.63. The van der Waals surface area contributed by atoms with Crippen LogP contribution in [-0.4, -0.2) is 14.7 Å². The van der Waals surface area contributed by atoms with Crippen molar-refractivity contribution >= 4 is 11.0 Å². The molecular formula is C10H12N2O. The molecule has 0 aliphatic heterocycles. The van der Waals surface area contributed by atoms with E-state index in [0.29, 0.717) is 5.82 Å². The lowest BCUT2D eigenvalue weighted by molar-refractivity contribution is 0.186. The Morgan fingerprint density at radius 1 is 1.38 bits per heavy atom. The van der Waals surface area contributed by atoms with Crippen LogP contribution in [0.5, 0.6) is 0 Å². The third kappa shape index (κ3) is 1.21. The second kappa shape index (κ2) is 2.85. The number of nitrogens with zero attached hydrogens (tertiary/aromatic N) is 2. The molecule has 68 valence electrons. The summed E-state index contributed by atoms with van der Waals surface area (Å²) in [5.41, 5.74) is 1.99. The van der Waals surface area contributed by atoms with E-state index in [0.717, 1.165) is 11.0 Å². The molecule has 2 aromatic rings. The van der Waals surface area contributed by atoms with Crippen LogP contribution in [0.15, 0.2) is 24.3 Å². The first-order chi connectivity index (χ1) is 6.20. The largest absolute Gasteiger partial charge is 0.385 e. The Balaban J connectivity index is 2.74. The van der Waals surface area contributed by atoms with E-state index < -0.39 is 6.10 Å². The molecule has 0 fully saturated rings. The topological polar surface area (TPSA) is 38.1 Å². The SMILES string of the molecule is C[C@H](O)c1nc2ccccc2n1C. The lowest BCUT2D eigenvalue weighted by Crippen LogP contribution is -2.01. The Bertz CT molecular complexity index is 431. The Kier molecular flexibility index (Phi) is 1.81. The van der Waals surface area contributed by atoms with E-state index in [1.807, 2.05) is 35.9 Å². The molecule has 0 spiro atoms. The molecule has 0 aliphatic carbocycles. The fourth-order valence-electron chi connectivity index (χ4n) is 1.54. The molecule has 13 heavy (non-hydrogen) atoms. The van der Waals surface area contributed by atoms with Crippen molar-refractivity contribution in [3.63, 3.8) is 0 Å². The van der Waals surface area contributed by atoms with Gasteiger partial charge in [-0.05, 0) is 19.1 Å². The first-order valence-electron chi connectivity index (χ1n) is 4.29. The second-order valence-corrected chi connectivity index (χ2v) is 3.19. The van der Waals surface area contributed by atoms with E-state index in [2.05, 4.69) is 4.98 Å². The zero-order chi connectivity index (χ0) is 9.42. The summed E-state index contributed by atoms with van der Waals surface area (Å²) in [5.74, 6) is 0.709. The number of aromatic nitrogens is 2. The summed E-state index contributed by atoms with van der Waals surface area (Å²) in [7, 11) is 1.91. The molecule has 3 nitrogen and oxygen atoms in total. The fourth-order valence-corrected chi connectivity index (χ4v) is 1.54. The summed E-state index contributed by atoms with van der Waals surface area (Å²) < 4.78 is 1.92. The van der Waals surface area contributed by atoms with Gasteiger partial charge >= 0.3 is 0 Å². The van der Waals surface area contributed by atoms with Crippen molar-refractivity contribution in [2.75, 3.05) is 0 Å². The molecule has 0 bridgehead atoms. The molecular weight excluding hydrogens is 164 g/mol. The summed E-state index contributed by atoms with van der Waals surface area (Å²) in [5, 5.41) is 9.42. The van der Waals surface area contributed by atoms with Crippen LogP contribution < -0.4 is 0 Å². The molecule has 3 heteroatoms. The average molecular weight is 176 g/mol. The Morgan fingerprint density at radius 3 is 2.69 bits per heavy atom. The highest BCUT2D eigenvalue weighted by Crippen LogP contribution is 2.18. The van der Waals surface area contributed by atoms with Crippen LogP contribution in [0, 0.1) is 0 Å². The van der Waals surface area contributed by atoms with Gasteiger partial charge in [0.25, 0.3) is 0 Å². The number of aryl methyl sites for hydroxylation is 1. The van der Waals surface area contributed by atoms with Gasteiger partial charge in [-0.25, -0.2) is 4.98 Å². The number of hydrogen-bond acceptors (Lipinski definition) is 2. The molecule has 1 atom stereocenters. The minimum atomic E-state index is -0.516. The zero-order valence-electron chi connectivity index (χ0n) is 7.73. The van der Waals surface area contributed by atoms with Crippen LogP contribution in [0.1, 0.15) is 18.9 Å². The highest BCUT2D eigenvalue weighted by Gasteiger charge is 2.10. The Morgan fingerprint density at radius 2 is 2.08 bits per heavy atom. The number of imidazole rings is 1. The van der Waals surface area contributed by atoms with Gasteiger partial charge in [-0.2, -0.15) is 0 Å². The minimum absolute atomic E-state index is 0.516. The lowest BCUT2D eigenvalue weighted by atomic mass is 10.3. The van der Waals surface area contributed by atoms with Gasteiger partial charge < -0.3 is 9.67 Å². The van der Waals surface area contributed by atoms with E-state index >= 15 is 0 Å². The van der Waals surface area contributed by atoms with Gasteiger partial charge in [0.1, 0.15) is 11.9 Å². The standard InChI is InChI=1S/C10H12N2O/c1-7(13)10-11-8-5-3-4-6-9(8)12(10)2/h3-7,13H,1-2H3/t7-/m0/s1. The van der Waals surface area contributed by atoms with E-state index in [9.17, 15) is 5.11 Å². The molecule has 0 radical (unpaired) electrons. The number of hydrogen-bond donors (Lipinski definition) is 1. The van der Waals surface area contributed by atoms with Crippen LogP contribution in [0.4, 0.5) is 0 Å². The minimum Gasteiger partial charge on any atom is -0.385 e. The van der Waals surface area contributed by atoms with Gasteiger partial charge in [0, 0.05) is 7.05 Å². The van der Waals surface area contributed by atoms with Gasteiger partial charge in [0.2, 0.25) is 0 Å². The monoisotopic (exact) mass is 176 g/mol. The molecule has 1 aromatic carbocycles. The van der Waals surface area contributed by atoms with Crippen molar-refractivity contribution in [3.05, 3.63) is 30.1 Å².